The van der Waals surface area contributed by atoms with Gasteiger partial charge in [-0.15, -0.1) is 5.10 Å². The summed E-state index contributed by atoms with van der Waals surface area (Å²) in [5, 5.41) is 11.0. The average molecular weight is 224 g/mol. The smallest absolute Gasteiger partial charge is 0.230 e. The number of hydrogen-bond acceptors (Lipinski definition) is 5. The predicted octanol–water partition coefficient (Wildman–Crippen LogP) is -1.47. The number of carbonyl (C=O) groups excluding carboxylic acids is 1. The summed E-state index contributed by atoms with van der Waals surface area (Å²) in [5.74, 6) is 0.718. The number of likely N-dealkylation sites (N-methyl/N-ethyl adjacent to an activating group) is 1. The lowest BCUT2D eigenvalue weighted by molar-refractivity contribution is -0.132. The molecule has 0 saturated carbocycles. The van der Waals surface area contributed by atoms with Gasteiger partial charge in [-0.25, -0.2) is 4.68 Å². The first-order valence-electron chi connectivity index (χ1n) is 5.34. The molecule has 0 atom stereocenters. The number of aryl methyl sites for hydroxylation is 1. The molecule has 1 fully saturated rings. The van der Waals surface area contributed by atoms with Crippen molar-refractivity contribution in [3.63, 3.8) is 0 Å². The van der Waals surface area contributed by atoms with Crippen molar-refractivity contribution in [2.75, 3.05) is 33.2 Å². The first kappa shape index (κ1) is 11.0. The van der Waals surface area contributed by atoms with Crippen LogP contribution in [-0.4, -0.2) is 69.1 Å². The van der Waals surface area contributed by atoms with Gasteiger partial charge in [-0.2, -0.15) is 0 Å². The highest BCUT2D eigenvalue weighted by atomic mass is 16.2. The molecular formula is C9H16N6O. The van der Waals surface area contributed by atoms with Crippen molar-refractivity contribution < 1.29 is 4.79 Å². The molecule has 1 aromatic heterocycles. The van der Waals surface area contributed by atoms with E-state index >= 15 is 0 Å². The summed E-state index contributed by atoms with van der Waals surface area (Å²) in [4.78, 5) is 16.0. The highest BCUT2D eigenvalue weighted by Crippen LogP contribution is 2.02. The molecule has 0 radical (unpaired) electrons. The van der Waals surface area contributed by atoms with Gasteiger partial charge in [-0.05, 0) is 17.5 Å². The van der Waals surface area contributed by atoms with Gasteiger partial charge in [0.05, 0.1) is 6.42 Å². The van der Waals surface area contributed by atoms with Gasteiger partial charge in [-0.3, -0.25) is 4.79 Å². The number of piperazine rings is 1. The number of carbonyl (C=O) groups is 1. The lowest BCUT2D eigenvalue weighted by atomic mass is 10.3. The maximum atomic E-state index is 11.9. The Kier molecular flexibility index (Phi) is 3.14. The second-order valence-corrected chi connectivity index (χ2v) is 4.08. The second kappa shape index (κ2) is 4.56. The Bertz CT molecular complexity index is 368. The van der Waals surface area contributed by atoms with Gasteiger partial charge in [0.15, 0.2) is 5.82 Å². The van der Waals surface area contributed by atoms with E-state index < -0.39 is 0 Å². The van der Waals surface area contributed by atoms with Crippen LogP contribution in [0.25, 0.3) is 0 Å². The van der Waals surface area contributed by atoms with Crippen molar-refractivity contribution >= 4 is 5.91 Å². The van der Waals surface area contributed by atoms with Gasteiger partial charge < -0.3 is 9.80 Å². The largest absolute Gasteiger partial charge is 0.340 e. The van der Waals surface area contributed by atoms with Crippen molar-refractivity contribution in [2.45, 2.75) is 6.42 Å². The second-order valence-electron chi connectivity index (χ2n) is 4.08. The quantitative estimate of drug-likeness (QED) is 0.613. The molecule has 1 aliphatic rings. The molecule has 1 saturated heterocycles. The third-order valence-electron chi connectivity index (χ3n) is 2.87. The fourth-order valence-corrected chi connectivity index (χ4v) is 1.70. The van der Waals surface area contributed by atoms with Crippen LogP contribution in [0.15, 0.2) is 0 Å². The molecule has 1 aliphatic heterocycles. The van der Waals surface area contributed by atoms with Gasteiger partial charge in [0.25, 0.3) is 0 Å². The number of aromatic nitrogens is 4. The van der Waals surface area contributed by atoms with Gasteiger partial charge >= 0.3 is 0 Å². The highest BCUT2D eigenvalue weighted by Gasteiger charge is 2.20. The van der Waals surface area contributed by atoms with E-state index in [1.807, 2.05) is 4.90 Å². The molecule has 0 aliphatic carbocycles. The SMILES string of the molecule is CN1CCN(C(=O)Cc2nnnn2C)CC1. The Hall–Kier alpha value is -1.50. The van der Waals surface area contributed by atoms with Crippen LogP contribution < -0.4 is 0 Å². The highest BCUT2D eigenvalue weighted by molar-refractivity contribution is 5.78. The Labute approximate surface area is 94.0 Å². The molecule has 16 heavy (non-hydrogen) atoms. The zero-order valence-corrected chi connectivity index (χ0v) is 9.63. The predicted molar refractivity (Wildman–Crippen MR) is 56.6 cm³/mol. The first-order valence-corrected chi connectivity index (χ1v) is 5.34. The van der Waals surface area contributed by atoms with Crippen molar-refractivity contribution in [1.82, 2.24) is 30.0 Å². The lowest BCUT2D eigenvalue weighted by Gasteiger charge is -2.32. The average Bonchev–Trinajstić information content (AvgIpc) is 2.65. The van der Waals surface area contributed by atoms with Crippen LogP contribution in [-0.2, 0) is 18.3 Å². The summed E-state index contributed by atoms with van der Waals surface area (Å²) in [6, 6.07) is 0. The molecular weight excluding hydrogens is 208 g/mol. The molecule has 1 aromatic rings. The van der Waals surface area contributed by atoms with Crippen LogP contribution in [0.1, 0.15) is 5.82 Å². The summed E-state index contributed by atoms with van der Waals surface area (Å²) in [6.45, 7) is 3.45. The summed E-state index contributed by atoms with van der Waals surface area (Å²) in [7, 11) is 3.81. The summed E-state index contributed by atoms with van der Waals surface area (Å²) >= 11 is 0. The molecule has 7 nitrogen and oxygen atoms in total. The van der Waals surface area contributed by atoms with Crippen molar-refractivity contribution in [1.29, 1.82) is 0 Å². The minimum absolute atomic E-state index is 0.103. The van der Waals surface area contributed by atoms with Crippen molar-refractivity contribution in [3.8, 4) is 0 Å². The maximum Gasteiger partial charge on any atom is 0.230 e. The van der Waals surface area contributed by atoms with E-state index in [0.717, 1.165) is 26.2 Å². The van der Waals surface area contributed by atoms with Crippen LogP contribution in [0, 0.1) is 0 Å². The Morgan fingerprint density at radius 1 is 1.25 bits per heavy atom. The molecule has 88 valence electrons. The van der Waals surface area contributed by atoms with Crippen LogP contribution in [0.3, 0.4) is 0 Å². The van der Waals surface area contributed by atoms with E-state index in [0.29, 0.717) is 5.82 Å². The van der Waals surface area contributed by atoms with Gasteiger partial charge in [0.2, 0.25) is 5.91 Å². The van der Waals surface area contributed by atoms with E-state index in [2.05, 4.69) is 27.5 Å². The number of nitrogens with zero attached hydrogens (tertiary/aromatic N) is 6. The zero-order valence-electron chi connectivity index (χ0n) is 9.63. The first-order chi connectivity index (χ1) is 7.66. The topological polar surface area (TPSA) is 67.2 Å². The molecule has 1 amide bonds. The number of tetrazole rings is 1. The molecule has 0 unspecified atom stereocenters. The van der Waals surface area contributed by atoms with Crippen LogP contribution in [0.5, 0.6) is 0 Å². The third kappa shape index (κ3) is 2.35. The summed E-state index contributed by atoms with van der Waals surface area (Å²) < 4.78 is 1.54. The Morgan fingerprint density at radius 2 is 1.94 bits per heavy atom. The third-order valence-corrected chi connectivity index (χ3v) is 2.87. The van der Waals surface area contributed by atoms with E-state index in [-0.39, 0.29) is 12.3 Å². The van der Waals surface area contributed by atoms with Crippen LogP contribution in [0.2, 0.25) is 0 Å². The number of hydrogen-bond donors (Lipinski definition) is 0. The molecule has 0 bridgehead atoms. The van der Waals surface area contributed by atoms with Gasteiger partial charge in [0, 0.05) is 33.2 Å². The van der Waals surface area contributed by atoms with Crippen LogP contribution >= 0.6 is 0 Å². The van der Waals surface area contributed by atoms with Gasteiger partial charge in [0.1, 0.15) is 0 Å². The van der Waals surface area contributed by atoms with Gasteiger partial charge in [-0.1, -0.05) is 0 Å². The minimum Gasteiger partial charge on any atom is -0.340 e. The van der Waals surface area contributed by atoms with E-state index in [4.69, 9.17) is 0 Å². The van der Waals surface area contributed by atoms with Crippen molar-refractivity contribution in [2.24, 2.45) is 7.05 Å². The van der Waals surface area contributed by atoms with Crippen molar-refractivity contribution in [3.05, 3.63) is 5.82 Å². The Balaban J connectivity index is 1.91. The van der Waals surface area contributed by atoms with E-state index in [1.165, 1.54) is 4.68 Å². The molecule has 7 heteroatoms. The normalized spacial score (nSPS) is 17.8. The molecule has 0 N–H and O–H groups in total. The Morgan fingerprint density at radius 3 is 2.50 bits per heavy atom. The molecule has 2 heterocycles. The maximum absolute atomic E-state index is 11.9. The monoisotopic (exact) mass is 224 g/mol. The minimum atomic E-state index is 0.103. The number of amides is 1. The lowest BCUT2D eigenvalue weighted by Crippen LogP contribution is -2.47. The molecule has 2 rings (SSSR count). The molecule has 0 aromatic carbocycles. The zero-order chi connectivity index (χ0) is 11.5. The fraction of sp³-hybridized carbons (Fsp3) is 0.778. The fourth-order valence-electron chi connectivity index (χ4n) is 1.70. The molecule has 0 spiro atoms. The van der Waals surface area contributed by atoms with E-state index in [1.54, 1.807) is 7.05 Å². The van der Waals surface area contributed by atoms with E-state index in [9.17, 15) is 4.79 Å². The standard InChI is InChI=1S/C9H16N6O/c1-13-3-5-15(6-4-13)9(16)7-8-10-11-12-14(8)2/h3-7H2,1-2H3. The summed E-state index contributed by atoms with van der Waals surface area (Å²) in [6.07, 6.45) is 0.285. The number of rotatable bonds is 2. The summed E-state index contributed by atoms with van der Waals surface area (Å²) in [5.41, 5.74) is 0. The van der Waals surface area contributed by atoms with Crippen LogP contribution in [0.4, 0.5) is 0 Å².